The van der Waals surface area contributed by atoms with E-state index in [-0.39, 0.29) is 36.9 Å². The van der Waals surface area contributed by atoms with Crippen molar-refractivity contribution in [3.8, 4) is 0 Å². The zero-order valence-corrected chi connectivity index (χ0v) is 26.3. The van der Waals surface area contributed by atoms with E-state index < -0.39 is 29.4 Å². The highest BCUT2D eigenvalue weighted by Crippen LogP contribution is 2.29. The Morgan fingerprint density at radius 1 is 0.957 bits per heavy atom. The number of carbonyl (C=O) groups excluding carboxylic acids is 2. The molecule has 3 aromatic rings. The maximum atomic E-state index is 15.1. The molecule has 0 spiro atoms. The monoisotopic (exact) mass is 653 g/mol. The maximum absolute atomic E-state index is 15.1. The highest BCUT2D eigenvalue weighted by atomic mass is 19.1. The van der Waals surface area contributed by atoms with Crippen LogP contribution in [-0.4, -0.2) is 67.9 Å². The number of ketones is 1. The fraction of sp³-hybridized carbons (Fsp3) is 0.472. The van der Waals surface area contributed by atoms with Crippen LogP contribution in [0, 0.1) is 23.4 Å². The minimum Gasteiger partial charge on any atom is -0.464 e. The van der Waals surface area contributed by atoms with Crippen molar-refractivity contribution in [3.05, 3.63) is 101 Å². The molecule has 5 rings (SSSR count). The Balaban J connectivity index is 1.13. The normalized spacial score (nSPS) is 19.4. The second-order valence-corrected chi connectivity index (χ2v) is 12.4. The van der Waals surface area contributed by atoms with Gasteiger partial charge in [-0.05, 0) is 84.5 Å². The van der Waals surface area contributed by atoms with Gasteiger partial charge in [0.1, 0.15) is 24.1 Å². The molecule has 47 heavy (non-hydrogen) atoms. The Morgan fingerprint density at radius 3 is 2.23 bits per heavy atom. The van der Waals surface area contributed by atoms with Gasteiger partial charge in [0.05, 0.1) is 31.0 Å². The highest BCUT2D eigenvalue weighted by Gasteiger charge is 2.29. The van der Waals surface area contributed by atoms with Gasteiger partial charge in [0.2, 0.25) is 0 Å². The molecule has 0 saturated carbocycles. The fourth-order valence-electron chi connectivity index (χ4n) is 6.26. The molecule has 0 radical (unpaired) electrons. The molecule has 0 amide bonds. The number of nitrogens with zero attached hydrogens (tertiary/aromatic N) is 1. The summed E-state index contributed by atoms with van der Waals surface area (Å²) in [4.78, 5) is 29.8. The SMILES string of the molecule is N[C@H](C(=O)Cc1cncc(F)c1CC[C@@H]1CN[C@H](COC(=O)CCC2CCOCC2)CO1)C(c1ccc(F)cc1)c1ccc(F)cc1. The molecule has 3 heterocycles. The van der Waals surface area contributed by atoms with Gasteiger partial charge in [0.15, 0.2) is 5.78 Å². The predicted molar refractivity (Wildman–Crippen MR) is 169 cm³/mol. The van der Waals surface area contributed by atoms with Gasteiger partial charge >= 0.3 is 5.97 Å². The van der Waals surface area contributed by atoms with E-state index in [0.29, 0.717) is 60.6 Å². The molecule has 252 valence electrons. The van der Waals surface area contributed by atoms with Crippen LogP contribution in [0.2, 0.25) is 0 Å². The summed E-state index contributed by atoms with van der Waals surface area (Å²) < 4.78 is 59.2. The van der Waals surface area contributed by atoms with E-state index in [9.17, 15) is 18.4 Å². The number of benzene rings is 2. The van der Waals surface area contributed by atoms with Crippen LogP contribution in [0.3, 0.4) is 0 Å². The number of rotatable bonds is 14. The van der Waals surface area contributed by atoms with Crippen molar-refractivity contribution in [2.75, 3.05) is 33.0 Å². The number of nitrogens with one attached hydrogen (secondary N) is 1. The summed E-state index contributed by atoms with van der Waals surface area (Å²) in [6.45, 7) is 2.59. The van der Waals surface area contributed by atoms with Gasteiger partial charge < -0.3 is 25.3 Å². The lowest BCUT2D eigenvalue weighted by atomic mass is 9.82. The zero-order valence-electron chi connectivity index (χ0n) is 26.3. The minimum absolute atomic E-state index is 0.124. The number of hydrogen-bond acceptors (Lipinski definition) is 8. The number of pyridine rings is 1. The third-order valence-corrected chi connectivity index (χ3v) is 9.07. The Kier molecular flexibility index (Phi) is 12.5. The molecule has 2 fully saturated rings. The molecule has 0 bridgehead atoms. The lowest BCUT2D eigenvalue weighted by Gasteiger charge is -2.30. The van der Waals surface area contributed by atoms with Crippen molar-refractivity contribution >= 4 is 11.8 Å². The molecule has 11 heteroatoms. The molecule has 2 saturated heterocycles. The van der Waals surface area contributed by atoms with Crippen molar-refractivity contribution in [1.82, 2.24) is 10.3 Å². The van der Waals surface area contributed by atoms with E-state index in [2.05, 4.69) is 10.3 Å². The van der Waals surface area contributed by atoms with Crippen LogP contribution in [0.5, 0.6) is 0 Å². The first-order valence-corrected chi connectivity index (χ1v) is 16.3. The van der Waals surface area contributed by atoms with Gasteiger partial charge in [-0.2, -0.15) is 0 Å². The number of esters is 1. The summed E-state index contributed by atoms with van der Waals surface area (Å²) in [6, 6.07) is 10.1. The molecule has 0 aliphatic carbocycles. The van der Waals surface area contributed by atoms with Gasteiger partial charge in [0.25, 0.3) is 0 Å². The summed E-state index contributed by atoms with van der Waals surface area (Å²) >= 11 is 0. The van der Waals surface area contributed by atoms with Gasteiger partial charge in [-0.25, -0.2) is 13.2 Å². The molecule has 1 aromatic heterocycles. The Bertz CT molecular complexity index is 1410. The van der Waals surface area contributed by atoms with Crippen LogP contribution in [0.25, 0.3) is 0 Å². The second-order valence-electron chi connectivity index (χ2n) is 12.4. The minimum atomic E-state index is -1.07. The van der Waals surface area contributed by atoms with E-state index >= 15 is 4.39 Å². The second kappa shape index (κ2) is 17.0. The predicted octanol–water partition coefficient (Wildman–Crippen LogP) is 4.81. The maximum Gasteiger partial charge on any atom is 0.305 e. The number of ether oxygens (including phenoxy) is 3. The summed E-state index contributed by atoms with van der Waals surface area (Å²) in [5.41, 5.74) is 8.51. The molecule has 0 unspecified atom stereocenters. The Labute approximate surface area is 273 Å². The number of halogens is 3. The van der Waals surface area contributed by atoms with Gasteiger partial charge in [0, 0.05) is 44.7 Å². The van der Waals surface area contributed by atoms with Crippen molar-refractivity contribution in [1.29, 1.82) is 0 Å². The van der Waals surface area contributed by atoms with Crippen LogP contribution in [0.15, 0.2) is 60.9 Å². The summed E-state index contributed by atoms with van der Waals surface area (Å²) in [7, 11) is 0. The van der Waals surface area contributed by atoms with Gasteiger partial charge in [-0.15, -0.1) is 0 Å². The number of hydrogen-bond donors (Lipinski definition) is 2. The number of Topliss-reactive ketones (excluding diaryl/α,β-unsaturated/α-hetero) is 1. The lowest BCUT2D eigenvalue weighted by molar-refractivity contribution is -0.146. The van der Waals surface area contributed by atoms with E-state index in [1.165, 1.54) is 30.5 Å². The summed E-state index contributed by atoms with van der Waals surface area (Å²) in [6.07, 6.45) is 6.21. The number of carbonyl (C=O) groups is 2. The van der Waals surface area contributed by atoms with Crippen molar-refractivity contribution < 1.29 is 37.0 Å². The molecular weight excluding hydrogens is 611 g/mol. The first-order valence-electron chi connectivity index (χ1n) is 16.3. The molecule has 2 aromatic carbocycles. The lowest BCUT2D eigenvalue weighted by Crippen LogP contribution is -2.49. The Hall–Kier alpha value is -3.64. The van der Waals surface area contributed by atoms with Gasteiger partial charge in [-0.3, -0.25) is 14.6 Å². The quantitative estimate of drug-likeness (QED) is 0.239. The first-order chi connectivity index (χ1) is 22.8. The largest absolute Gasteiger partial charge is 0.464 e. The zero-order chi connectivity index (χ0) is 33.2. The van der Waals surface area contributed by atoms with Crippen LogP contribution in [0.1, 0.15) is 60.3 Å². The molecule has 8 nitrogen and oxygen atoms in total. The van der Waals surface area contributed by atoms with Crippen molar-refractivity contribution in [2.45, 2.75) is 69.1 Å². The van der Waals surface area contributed by atoms with E-state index in [4.69, 9.17) is 19.9 Å². The summed E-state index contributed by atoms with van der Waals surface area (Å²) in [5, 5.41) is 3.35. The summed E-state index contributed by atoms with van der Waals surface area (Å²) in [5.74, 6) is -2.13. The van der Waals surface area contributed by atoms with Crippen molar-refractivity contribution in [2.24, 2.45) is 11.7 Å². The molecular formula is C36H42F3N3O5. The molecule has 2 aliphatic heterocycles. The van der Waals surface area contributed by atoms with Crippen LogP contribution >= 0.6 is 0 Å². The molecule has 2 aliphatic rings. The smallest absolute Gasteiger partial charge is 0.305 e. The third-order valence-electron chi connectivity index (χ3n) is 9.07. The average molecular weight is 654 g/mol. The topological polar surface area (TPSA) is 113 Å². The standard InChI is InChI=1S/C36H42F3N3O5/c37-27-6-2-24(3-7-27)35(25-4-8-28(38)9-5-25)36(40)33(43)17-26-18-41-20-32(39)31(26)11-10-30-19-42-29(21-46-30)22-47-34(44)12-1-23-13-15-45-16-14-23/h2-9,18,20,23,29-30,35-36,42H,1,10-17,19,21-22,40H2/t29-,30+,36+/m0/s1. The van der Waals surface area contributed by atoms with E-state index in [1.54, 1.807) is 24.3 Å². The highest BCUT2D eigenvalue weighted by molar-refractivity contribution is 5.87. The Morgan fingerprint density at radius 2 is 1.62 bits per heavy atom. The van der Waals surface area contributed by atoms with Crippen LogP contribution < -0.4 is 11.1 Å². The van der Waals surface area contributed by atoms with E-state index in [1.807, 2.05) is 0 Å². The van der Waals surface area contributed by atoms with Crippen LogP contribution in [-0.2, 0) is 36.6 Å². The first kappa shape index (κ1) is 34.7. The number of aromatic nitrogens is 1. The molecule has 3 N–H and O–H groups in total. The average Bonchev–Trinajstić information content (AvgIpc) is 3.09. The van der Waals surface area contributed by atoms with Gasteiger partial charge in [-0.1, -0.05) is 24.3 Å². The number of nitrogens with two attached hydrogens (primary N) is 1. The number of morpholine rings is 1. The van der Waals surface area contributed by atoms with E-state index in [0.717, 1.165) is 38.7 Å². The third kappa shape index (κ3) is 9.93. The van der Waals surface area contributed by atoms with Crippen LogP contribution in [0.4, 0.5) is 13.2 Å². The van der Waals surface area contributed by atoms with Crippen molar-refractivity contribution in [3.63, 3.8) is 0 Å². The fourth-order valence-corrected chi connectivity index (χ4v) is 6.26. The molecule has 3 atom stereocenters.